The highest BCUT2D eigenvalue weighted by atomic mass is 16.5. The zero-order valence-electron chi connectivity index (χ0n) is 12.6. The minimum atomic E-state index is -0.894. The Morgan fingerprint density at radius 1 is 1.45 bits per heavy atom. The highest BCUT2D eigenvalue weighted by Crippen LogP contribution is 2.14. The van der Waals surface area contributed by atoms with Crippen LogP contribution in [0.15, 0.2) is 0 Å². The third-order valence-electron chi connectivity index (χ3n) is 3.58. The van der Waals surface area contributed by atoms with Crippen molar-refractivity contribution in [2.75, 3.05) is 19.7 Å². The van der Waals surface area contributed by atoms with Crippen molar-refractivity contribution < 1.29 is 19.4 Å². The molecular formula is C14H26N2O4. The molecule has 1 aliphatic rings. The van der Waals surface area contributed by atoms with Gasteiger partial charge in [0.25, 0.3) is 0 Å². The standard InChI is InChI=1S/C14H26N2O4/c1-4-20-11-6-5-7-16(9-11)14(19)15-12(10(2)3)8-13(17)18/h10-12H,4-9H2,1-3H3,(H,15,19)(H,17,18). The number of piperidine rings is 1. The molecule has 1 fully saturated rings. The van der Waals surface area contributed by atoms with E-state index in [-0.39, 0.29) is 30.5 Å². The quantitative estimate of drug-likeness (QED) is 0.779. The molecule has 2 unspecified atom stereocenters. The summed E-state index contributed by atoms with van der Waals surface area (Å²) in [7, 11) is 0. The van der Waals surface area contributed by atoms with Crippen LogP contribution in [0.5, 0.6) is 0 Å². The second-order valence-corrected chi connectivity index (χ2v) is 5.56. The fourth-order valence-corrected chi connectivity index (χ4v) is 2.39. The molecule has 1 aliphatic heterocycles. The van der Waals surface area contributed by atoms with Crippen LogP contribution in [-0.4, -0.2) is 53.8 Å². The lowest BCUT2D eigenvalue weighted by molar-refractivity contribution is -0.137. The van der Waals surface area contributed by atoms with Gasteiger partial charge in [0.15, 0.2) is 0 Å². The molecule has 2 amide bonds. The number of carbonyl (C=O) groups is 2. The fraction of sp³-hybridized carbons (Fsp3) is 0.857. The summed E-state index contributed by atoms with van der Waals surface area (Å²) in [6.45, 7) is 7.69. The van der Waals surface area contributed by atoms with Gasteiger partial charge in [-0.05, 0) is 25.7 Å². The molecule has 6 nitrogen and oxygen atoms in total. The van der Waals surface area contributed by atoms with Crippen molar-refractivity contribution in [1.82, 2.24) is 10.2 Å². The molecule has 0 aromatic carbocycles. The van der Waals surface area contributed by atoms with Gasteiger partial charge >= 0.3 is 12.0 Å². The Morgan fingerprint density at radius 2 is 2.15 bits per heavy atom. The summed E-state index contributed by atoms with van der Waals surface area (Å²) in [4.78, 5) is 24.8. The summed E-state index contributed by atoms with van der Waals surface area (Å²) in [6.07, 6.45) is 1.94. The first-order valence-electron chi connectivity index (χ1n) is 7.32. The van der Waals surface area contributed by atoms with Crippen LogP contribution in [-0.2, 0) is 9.53 Å². The lowest BCUT2D eigenvalue weighted by atomic mass is 10.0. The Kier molecular flexibility index (Phi) is 6.78. The monoisotopic (exact) mass is 286 g/mol. The lowest BCUT2D eigenvalue weighted by Gasteiger charge is -2.34. The van der Waals surface area contributed by atoms with Crippen LogP contribution >= 0.6 is 0 Å². The molecule has 1 saturated heterocycles. The van der Waals surface area contributed by atoms with Crippen LogP contribution in [0.4, 0.5) is 4.79 Å². The largest absolute Gasteiger partial charge is 0.481 e. The minimum absolute atomic E-state index is 0.0495. The molecule has 6 heteroatoms. The van der Waals surface area contributed by atoms with E-state index >= 15 is 0 Å². The van der Waals surface area contributed by atoms with Crippen LogP contribution < -0.4 is 5.32 Å². The van der Waals surface area contributed by atoms with Crippen molar-refractivity contribution in [2.24, 2.45) is 5.92 Å². The molecule has 0 bridgehead atoms. The summed E-state index contributed by atoms with van der Waals surface area (Å²) in [5.41, 5.74) is 0. The van der Waals surface area contributed by atoms with E-state index in [4.69, 9.17) is 9.84 Å². The van der Waals surface area contributed by atoms with Gasteiger partial charge in [-0.15, -0.1) is 0 Å². The van der Waals surface area contributed by atoms with Crippen molar-refractivity contribution in [3.05, 3.63) is 0 Å². The van der Waals surface area contributed by atoms with Crippen molar-refractivity contribution in [2.45, 2.75) is 52.2 Å². The van der Waals surface area contributed by atoms with Gasteiger partial charge in [-0.25, -0.2) is 4.79 Å². The molecule has 2 atom stereocenters. The van der Waals surface area contributed by atoms with Gasteiger partial charge in [-0.1, -0.05) is 13.8 Å². The van der Waals surface area contributed by atoms with Crippen molar-refractivity contribution in [3.8, 4) is 0 Å². The minimum Gasteiger partial charge on any atom is -0.481 e. The van der Waals surface area contributed by atoms with Gasteiger partial charge in [0.05, 0.1) is 12.5 Å². The zero-order chi connectivity index (χ0) is 15.1. The lowest BCUT2D eigenvalue weighted by Crippen LogP contribution is -2.51. The van der Waals surface area contributed by atoms with Crippen LogP contribution in [0.25, 0.3) is 0 Å². The molecule has 1 rings (SSSR count). The number of aliphatic carboxylic acids is 1. The van der Waals surface area contributed by atoms with E-state index in [1.807, 2.05) is 20.8 Å². The highest BCUT2D eigenvalue weighted by Gasteiger charge is 2.27. The Morgan fingerprint density at radius 3 is 2.70 bits per heavy atom. The van der Waals surface area contributed by atoms with E-state index in [0.717, 1.165) is 12.8 Å². The van der Waals surface area contributed by atoms with E-state index in [9.17, 15) is 9.59 Å². The third kappa shape index (κ3) is 5.36. The molecule has 0 radical (unpaired) electrons. The first-order chi connectivity index (χ1) is 9.43. The molecule has 0 saturated carbocycles. The molecule has 116 valence electrons. The maximum absolute atomic E-state index is 12.2. The van der Waals surface area contributed by atoms with E-state index in [0.29, 0.717) is 19.7 Å². The summed E-state index contributed by atoms with van der Waals surface area (Å²) in [5.74, 6) is -0.808. The number of hydrogen-bond acceptors (Lipinski definition) is 3. The topological polar surface area (TPSA) is 78.9 Å². The number of urea groups is 1. The van der Waals surface area contributed by atoms with Gasteiger partial charge in [0.1, 0.15) is 0 Å². The predicted octanol–water partition coefficient (Wildman–Crippen LogP) is 1.70. The zero-order valence-corrected chi connectivity index (χ0v) is 12.6. The van der Waals surface area contributed by atoms with E-state index in [1.54, 1.807) is 4.90 Å². The predicted molar refractivity (Wildman–Crippen MR) is 75.6 cm³/mol. The number of nitrogens with one attached hydrogen (secondary N) is 1. The second kappa shape index (κ2) is 8.09. The average molecular weight is 286 g/mol. The number of likely N-dealkylation sites (tertiary alicyclic amines) is 1. The maximum Gasteiger partial charge on any atom is 0.317 e. The van der Waals surface area contributed by atoms with Gasteiger partial charge in [-0.3, -0.25) is 4.79 Å². The highest BCUT2D eigenvalue weighted by molar-refractivity contribution is 5.76. The normalized spacial score (nSPS) is 20.8. The van der Waals surface area contributed by atoms with Crippen LogP contribution in [0.2, 0.25) is 0 Å². The summed E-state index contributed by atoms with van der Waals surface area (Å²) in [5, 5.41) is 11.7. The first-order valence-corrected chi connectivity index (χ1v) is 7.32. The van der Waals surface area contributed by atoms with Crippen molar-refractivity contribution >= 4 is 12.0 Å². The van der Waals surface area contributed by atoms with Crippen LogP contribution in [0, 0.1) is 5.92 Å². The molecule has 0 aromatic rings. The number of nitrogens with zero attached hydrogens (tertiary/aromatic N) is 1. The first kappa shape index (κ1) is 16.8. The summed E-state index contributed by atoms with van der Waals surface area (Å²) in [6, 6.07) is -0.526. The second-order valence-electron chi connectivity index (χ2n) is 5.56. The smallest absolute Gasteiger partial charge is 0.317 e. The summed E-state index contributed by atoms with van der Waals surface area (Å²) >= 11 is 0. The van der Waals surface area contributed by atoms with Gasteiger partial charge in [0.2, 0.25) is 0 Å². The number of ether oxygens (including phenoxy) is 1. The third-order valence-corrected chi connectivity index (χ3v) is 3.58. The number of hydrogen-bond donors (Lipinski definition) is 2. The number of amides is 2. The maximum atomic E-state index is 12.2. The SMILES string of the molecule is CCOC1CCCN(C(=O)NC(CC(=O)O)C(C)C)C1. The molecule has 1 heterocycles. The number of carboxylic acids is 1. The Hall–Kier alpha value is -1.30. The molecule has 20 heavy (non-hydrogen) atoms. The van der Waals surface area contributed by atoms with Crippen LogP contribution in [0.3, 0.4) is 0 Å². The Bertz CT molecular complexity index is 331. The molecule has 0 aromatic heterocycles. The van der Waals surface area contributed by atoms with Gasteiger partial charge in [0, 0.05) is 25.7 Å². The Balaban J connectivity index is 2.52. The number of rotatable bonds is 6. The van der Waals surface area contributed by atoms with E-state index in [1.165, 1.54) is 0 Å². The molecular weight excluding hydrogens is 260 g/mol. The molecule has 0 spiro atoms. The average Bonchev–Trinajstić information content (AvgIpc) is 2.38. The molecule has 0 aliphatic carbocycles. The Labute approximate surface area is 120 Å². The van der Waals surface area contributed by atoms with Crippen molar-refractivity contribution in [1.29, 1.82) is 0 Å². The van der Waals surface area contributed by atoms with Gasteiger partial charge in [-0.2, -0.15) is 0 Å². The summed E-state index contributed by atoms with van der Waals surface area (Å²) < 4.78 is 5.56. The number of carbonyl (C=O) groups excluding carboxylic acids is 1. The fourth-order valence-electron chi connectivity index (χ4n) is 2.39. The molecule has 2 N–H and O–H groups in total. The van der Waals surface area contributed by atoms with Crippen LogP contribution in [0.1, 0.15) is 40.0 Å². The number of carboxylic acid groups (broad SMARTS) is 1. The van der Waals surface area contributed by atoms with Gasteiger partial charge < -0.3 is 20.1 Å². The van der Waals surface area contributed by atoms with E-state index < -0.39 is 5.97 Å². The van der Waals surface area contributed by atoms with Crippen molar-refractivity contribution in [3.63, 3.8) is 0 Å². The van der Waals surface area contributed by atoms with E-state index in [2.05, 4.69) is 5.32 Å².